The van der Waals surface area contributed by atoms with Crippen LogP contribution in [0.15, 0.2) is 0 Å². The Morgan fingerprint density at radius 1 is 1.25 bits per heavy atom. The Hall–Kier alpha value is -0.160. The van der Waals surface area contributed by atoms with Crippen molar-refractivity contribution in [1.82, 2.24) is 10.2 Å². The highest BCUT2D eigenvalue weighted by atomic mass is 16.5. The number of nitrogens with zero attached hydrogens (tertiary/aromatic N) is 1. The van der Waals surface area contributed by atoms with Crippen LogP contribution in [0, 0.1) is 5.41 Å². The Labute approximate surface area is 123 Å². The first kappa shape index (κ1) is 16.2. The Kier molecular flexibility index (Phi) is 6.75. The van der Waals surface area contributed by atoms with Gasteiger partial charge in [0.25, 0.3) is 0 Å². The molecular formula is C16H32N2O2. The van der Waals surface area contributed by atoms with Gasteiger partial charge in [0.2, 0.25) is 0 Å². The van der Waals surface area contributed by atoms with E-state index in [-0.39, 0.29) is 6.61 Å². The molecule has 0 atom stereocenters. The second-order valence-corrected chi connectivity index (χ2v) is 6.56. The number of rotatable bonds is 8. The van der Waals surface area contributed by atoms with Crippen LogP contribution < -0.4 is 5.32 Å². The molecule has 4 nitrogen and oxygen atoms in total. The van der Waals surface area contributed by atoms with Gasteiger partial charge in [0.1, 0.15) is 0 Å². The Bertz CT molecular complexity index is 259. The van der Waals surface area contributed by atoms with Crippen molar-refractivity contribution in [1.29, 1.82) is 0 Å². The quantitative estimate of drug-likeness (QED) is 0.711. The van der Waals surface area contributed by atoms with Gasteiger partial charge in [-0.25, -0.2) is 0 Å². The zero-order chi connectivity index (χ0) is 14.3. The summed E-state index contributed by atoms with van der Waals surface area (Å²) in [4.78, 5) is 2.64. The molecule has 2 N–H and O–H groups in total. The summed E-state index contributed by atoms with van der Waals surface area (Å²) in [6, 6.07) is 0. The van der Waals surface area contributed by atoms with E-state index in [1.54, 1.807) is 0 Å². The predicted octanol–water partition coefficient (Wildman–Crippen LogP) is 1.63. The van der Waals surface area contributed by atoms with E-state index in [4.69, 9.17) is 9.84 Å². The third-order valence-corrected chi connectivity index (χ3v) is 4.95. The summed E-state index contributed by atoms with van der Waals surface area (Å²) >= 11 is 0. The lowest BCUT2D eigenvalue weighted by Gasteiger charge is -2.39. The molecule has 2 aliphatic rings. The van der Waals surface area contributed by atoms with Crippen molar-refractivity contribution in [3.8, 4) is 0 Å². The monoisotopic (exact) mass is 284 g/mol. The predicted molar refractivity (Wildman–Crippen MR) is 81.9 cm³/mol. The third-order valence-electron chi connectivity index (χ3n) is 4.95. The highest BCUT2D eigenvalue weighted by molar-refractivity contribution is 4.90. The molecule has 1 aliphatic carbocycles. The molecule has 1 saturated carbocycles. The zero-order valence-electron chi connectivity index (χ0n) is 13.1. The van der Waals surface area contributed by atoms with Crippen molar-refractivity contribution in [2.75, 3.05) is 45.9 Å². The van der Waals surface area contributed by atoms with Gasteiger partial charge in [-0.1, -0.05) is 19.8 Å². The van der Waals surface area contributed by atoms with Crippen molar-refractivity contribution >= 4 is 0 Å². The zero-order valence-corrected chi connectivity index (χ0v) is 13.1. The van der Waals surface area contributed by atoms with Crippen molar-refractivity contribution in [3.63, 3.8) is 0 Å². The Morgan fingerprint density at radius 3 is 2.55 bits per heavy atom. The maximum atomic E-state index is 8.81. The Balaban J connectivity index is 1.75. The Morgan fingerprint density at radius 2 is 1.95 bits per heavy atom. The van der Waals surface area contributed by atoms with E-state index in [1.165, 1.54) is 38.8 Å². The van der Waals surface area contributed by atoms with Crippen LogP contribution in [-0.4, -0.2) is 62.0 Å². The van der Waals surface area contributed by atoms with Gasteiger partial charge < -0.3 is 20.1 Å². The molecule has 2 fully saturated rings. The van der Waals surface area contributed by atoms with Gasteiger partial charge in [0, 0.05) is 26.2 Å². The van der Waals surface area contributed by atoms with E-state index >= 15 is 0 Å². The molecule has 118 valence electrons. The summed E-state index contributed by atoms with van der Waals surface area (Å²) in [5, 5.41) is 12.4. The molecule has 0 aromatic heterocycles. The van der Waals surface area contributed by atoms with Crippen LogP contribution >= 0.6 is 0 Å². The van der Waals surface area contributed by atoms with Gasteiger partial charge in [0.05, 0.1) is 19.3 Å². The summed E-state index contributed by atoms with van der Waals surface area (Å²) < 4.78 is 5.65. The standard InChI is InChI=1S/C16H32N2O2/c1-2-17-13-16(7-3-4-8-16)14-18-9-5-15(6-10-18)20-12-11-19/h15,17,19H,2-14H2,1H3. The number of hydrogen-bond donors (Lipinski definition) is 2. The van der Waals surface area contributed by atoms with Gasteiger partial charge in [-0.2, -0.15) is 0 Å². The first-order chi connectivity index (χ1) is 9.78. The van der Waals surface area contributed by atoms with Crippen molar-refractivity contribution in [2.45, 2.75) is 51.6 Å². The van der Waals surface area contributed by atoms with E-state index in [0.29, 0.717) is 18.1 Å². The molecule has 0 amide bonds. The van der Waals surface area contributed by atoms with Crippen LogP contribution in [0.25, 0.3) is 0 Å². The summed E-state index contributed by atoms with van der Waals surface area (Å²) in [5.74, 6) is 0. The number of nitrogens with one attached hydrogen (secondary N) is 1. The van der Waals surface area contributed by atoms with Gasteiger partial charge in [-0.3, -0.25) is 0 Å². The topological polar surface area (TPSA) is 44.7 Å². The summed E-state index contributed by atoms with van der Waals surface area (Å²) in [7, 11) is 0. The highest BCUT2D eigenvalue weighted by Crippen LogP contribution is 2.38. The third kappa shape index (κ3) is 4.69. The summed E-state index contributed by atoms with van der Waals surface area (Å²) in [5.41, 5.74) is 0.523. The van der Waals surface area contributed by atoms with Gasteiger partial charge in [0.15, 0.2) is 0 Å². The minimum Gasteiger partial charge on any atom is -0.394 e. The van der Waals surface area contributed by atoms with Crippen molar-refractivity contribution in [2.24, 2.45) is 5.41 Å². The highest BCUT2D eigenvalue weighted by Gasteiger charge is 2.36. The van der Waals surface area contributed by atoms with Crippen LogP contribution in [0.1, 0.15) is 45.4 Å². The molecule has 1 saturated heterocycles. The van der Waals surface area contributed by atoms with E-state index in [9.17, 15) is 0 Å². The largest absolute Gasteiger partial charge is 0.394 e. The minimum absolute atomic E-state index is 0.145. The molecule has 2 rings (SSSR count). The number of aliphatic hydroxyl groups is 1. The normalized spacial score (nSPS) is 24.3. The first-order valence-corrected chi connectivity index (χ1v) is 8.43. The molecule has 20 heavy (non-hydrogen) atoms. The molecule has 0 unspecified atom stereocenters. The molecule has 4 heteroatoms. The summed E-state index contributed by atoms with van der Waals surface area (Å²) in [6.07, 6.45) is 8.20. The summed E-state index contributed by atoms with van der Waals surface area (Å²) in [6.45, 7) is 8.68. The number of aliphatic hydroxyl groups excluding tert-OH is 1. The fourth-order valence-corrected chi connectivity index (χ4v) is 3.83. The molecule has 1 aliphatic heterocycles. The SMILES string of the molecule is CCNCC1(CN2CCC(OCCO)CC2)CCCC1. The van der Waals surface area contributed by atoms with Crippen molar-refractivity contribution in [3.05, 3.63) is 0 Å². The average molecular weight is 284 g/mol. The van der Waals surface area contributed by atoms with Gasteiger partial charge >= 0.3 is 0 Å². The van der Waals surface area contributed by atoms with E-state index in [1.807, 2.05) is 0 Å². The molecule has 1 heterocycles. The fourth-order valence-electron chi connectivity index (χ4n) is 3.83. The molecule has 0 spiro atoms. The van der Waals surface area contributed by atoms with Crippen LogP contribution in [-0.2, 0) is 4.74 Å². The molecular weight excluding hydrogens is 252 g/mol. The van der Waals surface area contributed by atoms with Crippen LogP contribution in [0.5, 0.6) is 0 Å². The van der Waals surface area contributed by atoms with Crippen LogP contribution in [0.3, 0.4) is 0 Å². The molecule has 0 radical (unpaired) electrons. The van der Waals surface area contributed by atoms with E-state index in [2.05, 4.69) is 17.1 Å². The van der Waals surface area contributed by atoms with Gasteiger partial charge in [-0.05, 0) is 37.6 Å². The lowest BCUT2D eigenvalue weighted by atomic mass is 9.84. The second-order valence-electron chi connectivity index (χ2n) is 6.56. The van der Waals surface area contributed by atoms with Gasteiger partial charge in [-0.15, -0.1) is 0 Å². The average Bonchev–Trinajstić information content (AvgIpc) is 2.93. The number of hydrogen-bond acceptors (Lipinski definition) is 4. The smallest absolute Gasteiger partial charge is 0.0701 e. The number of piperidine rings is 1. The van der Waals surface area contributed by atoms with E-state index < -0.39 is 0 Å². The van der Waals surface area contributed by atoms with Crippen LogP contribution in [0.2, 0.25) is 0 Å². The number of likely N-dealkylation sites (tertiary alicyclic amines) is 1. The first-order valence-electron chi connectivity index (χ1n) is 8.43. The second kappa shape index (κ2) is 8.32. The fraction of sp³-hybridized carbons (Fsp3) is 1.00. The molecule has 0 bridgehead atoms. The van der Waals surface area contributed by atoms with Crippen molar-refractivity contribution < 1.29 is 9.84 Å². The maximum absolute atomic E-state index is 8.81. The molecule has 0 aromatic rings. The lowest BCUT2D eigenvalue weighted by Crippen LogP contribution is -2.46. The maximum Gasteiger partial charge on any atom is 0.0701 e. The molecule has 0 aromatic carbocycles. The van der Waals surface area contributed by atoms with E-state index in [0.717, 1.165) is 32.5 Å². The number of ether oxygens (including phenoxy) is 1. The lowest BCUT2D eigenvalue weighted by molar-refractivity contribution is -0.0145. The minimum atomic E-state index is 0.145. The van der Waals surface area contributed by atoms with Crippen LogP contribution in [0.4, 0.5) is 0 Å².